The number of ether oxygens (including phenoxy) is 2. The van der Waals surface area contributed by atoms with Crippen molar-refractivity contribution in [3.8, 4) is 34.0 Å². The van der Waals surface area contributed by atoms with Gasteiger partial charge in [0.05, 0.1) is 25.6 Å². The Morgan fingerprint density at radius 1 is 0.926 bits per heavy atom. The van der Waals surface area contributed by atoms with Gasteiger partial charge in [0, 0.05) is 24.1 Å². The van der Waals surface area contributed by atoms with Crippen LogP contribution in [0.4, 0.5) is 0 Å². The van der Waals surface area contributed by atoms with Crippen molar-refractivity contribution >= 4 is 5.78 Å². The highest BCUT2D eigenvalue weighted by Gasteiger charge is 2.32. The SMILES string of the molecule is COc1ccc(-c2nc(C(C)=O)n(C3CC3)c2-c2ccc(OC)cc2)cc1. The number of carbonyl (C=O) groups excluding carboxylic acids is 1. The zero-order chi connectivity index (χ0) is 19.0. The summed E-state index contributed by atoms with van der Waals surface area (Å²) >= 11 is 0. The van der Waals surface area contributed by atoms with Crippen molar-refractivity contribution in [2.75, 3.05) is 14.2 Å². The predicted molar refractivity (Wildman–Crippen MR) is 104 cm³/mol. The van der Waals surface area contributed by atoms with Gasteiger partial charge < -0.3 is 14.0 Å². The maximum Gasteiger partial charge on any atom is 0.195 e. The maximum atomic E-state index is 12.3. The lowest BCUT2D eigenvalue weighted by Gasteiger charge is -2.12. The summed E-state index contributed by atoms with van der Waals surface area (Å²) in [6, 6.07) is 16.0. The Balaban J connectivity index is 1.93. The molecule has 0 atom stereocenters. The molecule has 2 aromatic carbocycles. The highest BCUT2D eigenvalue weighted by atomic mass is 16.5. The lowest BCUT2D eigenvalue weighted by Crippen LogP contribution is -2.07. The van der Waals surface area contributed by atoms with Crippen LogP contribution in [0.5, 0.6) is 11.5 Å². The number of benzene rings is 2. The van der Waals surface area contributed by atoms with Crippen LogP contribution >= 0.6 is 0 Å². The monoisotopic (exact) mass is 362 g/mol. The van der Waals surface area contributed by atoms with E-state index in [1.165, 1.54) is 0 Å². The summed E-state index contributed by atoms with van der Waals surface area (Å²) in [4.78, 5) is 17.1. The number of carbonyl (C=O) groups is 1. The molecule has 0 N–H and O–H groups in total. The summed E-state index contributed by atoms with van der Waals surface area (Å²) in [7, 11) is 3.30. The molecule has 5 heteroatoms. The van der Waals surface area contributed by atoms with Crippen LogP contribution in [0.1, 0.15) is 36.4 Å². The van der Waals surface area contributed by atoms with Gasteiger partial charge in [0.1, 0.15) is 11.5 Å². The number of Topliss-reactive ketones (excluding diaryl/α,β-unsaturated/α-hetero) is 1. The fourth-order valence-electron chi connectivity index (χ4n) is 3.34. The molecule has 1 aliphatic rings. The fourth-order valence-corrected chi connectivity index (χ4v) is 3.34. The molecular weight excluding hydrogens is 340 g/mol. The molecule has 4 rings (SSSR count). The summed E-state index contributed by atoms with van der Waals surface area (Å²) in [6.07, 6.45) is 2.14. The first-order chi connectivity index (χ1) is 13.1. The highest BCUT2D eigenvalue weighted by molar-refractivity contribution is 5.94. The quantitative estimate of drug-likeness (QED) is 0.593. The van der Waals surface area contributed by atoms with Crippen molar-refractivity contribution in [3.05, 3.63) is 54.4 Å². The van der Waals surface area contributed by atoms with E-state index in [-0.39, 0.29) is 5.78 Å². The number of methoxy groups -OCH3 is 2. The molecule has 0 radical (unpaired) electrons. The Hall–Kier alpha value is -3.08. The summed E-state index contributed by atoms with van der Waals surface area (Å²) in [6.45, 7) is 1.58. The predicted octanol–water partition coefficient (Wildman–Crippen LogP) is 4.77. The summed E-state index contributed by atoms with van der Waals surface area (Å²) in [5.41, 5.74) is 3.78. The van der Waals surface area contributed by atoms with Gasteiger partial charge in [-0.15, -0.1) is 0 Å². The van der Waals surface area contributed by atoms with E-state index in [0.29, 0.717) is 11.9 Å². The number of ketones is 1. The maximum absolute atomic E-state index is 12.3. The van der Waals surface area contributed by atoms with Gasteiger partial charge in [-0.1, -0.05) is 0 Å². The lowest BCUT2D eigenvalue weighted by molar-refractivity contribution is 0.0999. The molecule has 0 saturated heterocycles. The second kappa shape index (κ2) is 6.91. The number of hydrogen-bond donors (Lipinski definition) is 0. The van der Waals surface area contributed by atoms with Crippen molar-refractivity contribution in [1.82, 2.24) is 9.55 Å². The third kappa shape index (κ3) is 3.21. The molecular formula is C22H22N2O3. The van der Waals surface area contributed by atoms with Crippen molar-refractivity contribution in [3.63, 3.8) is 0 Å². The molecule has 0 spiro atoms. The first-order valence-electron chi connectivity index (χ1n) is 9.04. The zero-order valence-corrected chi connectivity index (χ0v) is 15.7. The van der Waals surface area contributed by atoms with Crippen molar-refractivity contribution in [2.45, 2.75) is 25.8 Å². The van der Waals surface area contributed by atoms with Gasteiger partial charge in [-0.2, -0.15) is 0 Å². The van der Waals surface area contributed by atoms with Crippen LogP contribution < -0.4 is 9.47 Å². The fraction of sp³-hybridized carbons (Fsp3) is 0.273. The first kappa shape index (κ1) is 17.3. The zero-order valence-electron chi connectivity index (χ0n) is 15.7. The molecule has 27 heavy (non-hydrogen) atoms. The lowest BCUT2D eigenvalue weighted by atomic mass is 10.0. The van der Waals surface area contributed by atoms with E-state index < -0.39 is 0 Å². The van der Waals surface area contributed by atoms with Crippen molar-refractivity contribution < 1.29 is 14.3 Å². The molecule has 138 valence electrons. The Kier molecular flexibility index (Phi) is 4.44. The molecule has 1 aromatic heterocycles. The second-order valence-corrected chi connectivity index (χ2v) is 6.75. The average molecular weight is 362 g/mol. The molecule has 1 fully saturated rings. The van der Waals surface area contributed by atoms with E-state index in [0.717, 1.165) is 46.9 Å². The Morgan fingerprint density at radius 3 is 1.89 bits per heavy atom. The largest absolute Gasteiger partial charge is 0.497 e. The third-order valence-corrected chi connectivity index (χ3v) is 4.86. The van der Waals surface area contributed by atoms with E-state index in [1.807, 2.05) is 48.5 Å². The molecule has 0 amide bonds. The van der Waals surface area contributed by atoms with Gasteiger partial charge in [-0.3, -0.25) is 4.79 Å². The van der Waals surface area contributed by atoms with E-state index in [9.17, 15) is 4.79 Å². The standard InChI is InChI=1S/C22H22N2O3/c1-14(25)22-23-20(15-4-10-18(26-2)11-5-15)21(24(22)17-8-9-17)16-6-12-19(27-3)13-7-16/h4-7,10-13,17H,8-9H2,1-3H3. The first-order valence-corrected chi connectivity index (χ1v) is 9.04. The van der Waals surface area contributed by atoms with E-state index in [1.54, 1.807) is 21.1 Å². The van der Waals surface area contributed by atoms with Crippen LogP contribution in [0.3, 0.4) is 0 Å². The number of hydrogen-bond acceptors (Lipinski definition) is 4. The summed E-state index contributed by atoms with van der Waals surface area (Å²) in [5, 5.41) is 0. The smallest absolute Gasteiger partial charge is 0.195 e. The van der Waals surface area contributed by atoms with Gasteiger partial charge in [0.25, 0.3) is 0 Å². The van der Waals surface area contributed by atoms with Crippen LogP contribution in [-0.4, -0.2) is 29.6 Å². The number of imidazole rings is 1. The van der Waals surface area contributed by atoms with Crippen molar-refractivity contribution in [2.24, 2.45) is 0 Å². The van der Waals surface area contributed by atoms with Gasteiger partial charge in [0.2, 0.25) is 0 Å². The van der Waals surface area contributed by atoms with Crippen LogP contribution in [0.25, 0.3) is 22.5 Å². The van der Waals surface area contributed by atoms with Gasteiger partial charge in [-0.25, -0.2) is 4.98 Å². The Bertz CT molecular complexity index is 968. The molecule has 0 aliphatic heterocycles. The molecule has 3 aromatic rings. The molecule has 0 bridgehead atoms. The second-order valence-electron chi connectivity index (χ2n) is 6.75. The summed E-state index contributed by atoms with van der Waals surface area (Å²) < 4.78 is 12.7. The molecule has 1 aliphatic carbocycles. The molecule has 1 heterocycles. The minimum absolute atomic E-state index is 0.0172. The minimum Gasteiger partial charge on any atom is -0.497 e. The summed E-state index contributed by atoms with van der Waals surface area (Å²) in [5.74, 6) is 2.10. The highest BCUT2D eigenvalue weighted by Crippen LogP contribution is 2.44. The molecule has 1 saturated carbocycles. The number of aromatic nitrogens is 2. The van der Waals surface area contributed by atoms with Gasteiger partial charge in [0.15, 0.2) is 11.6 Å². The van der Waals surface area contributed by atoms with Crippen LogP contribution in [0, 0.1) is 0 Å². The average Bonchev–Trinajstić information content (AvgIpc) is 3.47. The van der Waals surface area contributed by atoms with Gasteiger partial charge in [-0.05, 0) is 61.4 Å². The van der Waals surface area contributed by atoms with E-state index in [4.69, 9.17) is 14.5 Å². The van der Waals surface area contributed by atoms with E-state index in [2.05, 4.69) is 4.57 Å². The third-order valence-electron chi connectivity index (χ3n) is 4.86. The van der Waals surface area contributed by atoms with Crippen molar-refractivity contribution in [1.29, 1.82) is 0 Å². The topological polar surface area (TPSA) is 53.3 Å². The van der Waals surface area contributed by atoms with Crippen LogP contribution in [-0.2, 0) is 0 Å². The molecule has 5 nitrogen and oxygen atoms in total. The van der Waals surface area contributed by atoms with Gasteiger partial charge >= 0.3 is 0 Å². The number of nitrogens with zero attached hydrogens (tertiary/aromatic N) is 2. The van der Waals surface area contributed by atoms with Crippen LogP contribution in [0.15, 0.2) is 48.5 Å². The minimum atomic E-state index is -0.0172. The molecule has 0 unspecified atom stereocenters. The Labute approximate surface area is 158 Å². The van der Waals surface area contributed by atoms with Crippen LogP contribution in [0.2, 0.25) is 0 Å². The number of rotatable bonds is 6. The normalized spacial score (nSPS) is 13.4. The van der Waals surface area contributed by atoms with E-state index >= 15 is 0 Å². The Morgan fingerprint density at radius 2 is 1.44 bits per heavy atom.